The van der Waals surface area contributed by atoms with Gasteiger partial charge in [0.15, 0.2) is 16.6 Å². The van der Waals surface area contributed by atoms with Crippen molar-refractivity contribution in [2.45, 2.75) is 110 Å². The highest BCUT2D eigenvalue weighted by atomic mass is 28.4. The topological polar surface area (TPSA) is 99.1 Å². The highest BCUT2D eigenvalue weighted by molar-refractivity contribution is 6.74. The van der Waals surface area contributed by atoms with Gasteiger partial charge in [0.05, 0.1) is 12.7 Å². The van der Waals surface area contributed by atoms with E-state index >= 15 is 0 Å². The molecule has 1 aromatic carbocycles. The molecule has 0 amide bonds. The summed E-state index contributed by atoms with van der Waals surface area (Å²) in [4.78, 5) is 38.5. The van der Waals surface area contributed by atoms with E-state index in [0.717, 1.165) is 17.4 Å². The van der Waals surface area contributed by atoms with Gasteiger partial charge in [-0.05, 0) is 69.2 Å². The molecule has 1 aromatic rings. The fourth-order valence-electron chi connectivity index (χ4n) is 4.71. The van der Waals surface area contributed by atoms with Crippen molar-refractivity contribution in [1.82, 2.24) is 0 Å². The van der Waals surface area contributed by atoms with E-state index in [1.54, 1.807) is 0 Å². The number of hydrogen-bond acceptors (Lipinski definition) is 6. The zero-order valence-electron chi connectivity index (χ0n) is 25.9. The Balaban J connectivity index is 2.38. The van der Waals surface area contributed by atoms with Crippen LogP contribution in [0.25, 0.3) is 0 Å². The number of ether oxygens (including phenoxy) is 1. The largest absolute Gasteiger partial charge is 0.479 e. The molecule has 0 saturated carbocycles. The molecule has 0 aliphatic heterocycles. The normalized spacial score (nSPS) is 20.6. The number of allylic oxidation sites excluding steroid dienone is 1. The second-order valence-corrected chi connectivity index (χ2v) is 22.7. The first-order valence-corrected chi connectivity index (χ1v) is 20.2. The minimum Gasteiger partial charge on any atom is -0.479 e. The maximum Gasteiger partial charge on any atom is 0.342 e. The van der Waals surface area contributed by atoms with Crippen molar-refractivity contribution >= 4 is 34.7 Å². The van der Waals surface area contributed by atoms with Gasteiger partial charge in [0, 0.05) is 17.9 Å². The molecule has 0 bridgehead atoms. The number of aldehydes is 1. The van der Waals surface area contributed by atoms with Gasteiger partial charge in [0.2, 0.25) is 11.4 Å². The van der Waals surface area contributed by atoms with Gasteiger partial charge in [-0.3, -0.25) is 9.59 Å². The van der Waals surface area contributed by atoms with Gasteiger partial charge < -0.3 is 18.7 Å². The first-order chi connectivity index (χ1) is 18.2. The Kier molecular flexibility index (Phi) is 10.9. The number of hydrogen-bond donors (Lipinski definition) is 1. The molecule has 0 aromatic heterocycles. The summed E-state index contributed by atoms with van der Waals surface area (Å²) in [5.41, 5.74) is 0.908. The standard InChI is InChI=1S/C31H48O7Si2/c1-21(24-18-26(22(2)25(24)19-32)37-40(10,11)30(3,4)5)17-27(36-20-23-15-13-12-14-16-23)28(33)31(6,29(34)35)38-39(7,8)9/h12-16,19,24,26-27H,1,17-18,20H2,2-11H3,(H,34,35)/t24-,26-,27-,31+/m1/s1. The second kappa shape index (κ2) is 12.8. The molecule has 4 atom stereocenters. The highest BCUT2D eigenvalue weighted by Crippen LogP contribution is 2.44. The van der Waals surface area contributed by atoms with Gasteiger partial charge in [0.1, 0.15) is 12.4 Å². The predicted molar refractivity (Wildman–Crippen MR) is 163 cm³/mol. The lowest BCUT2D eigenvalue weighted by molar-refractivity contribution is -0.166. The monoisotopic (exact) mass is 588 g/mol. The van der Waals surface area contributed by atoms with Crippen LogP contribution in [0.2, 0.25) is 37.8 Å². The van der Waals surface area contributed by atoms with Crippen LogP contribution in [0.1, 0.15) is 53.0 Å². The molecule has 0 heterocycles. The number of carboxylic acid groups (broad SMARTS) is 1. The summed E-state index contributed by atoms with van der Waals surface area (Å²) in [6, 6.07) is 9.38. The molecule has 0 saturated heterocycles. The van der Waals surface area contributed by atoms with Crippen molar-refractivity contribution < 1.29 is 33.1 Å². The summed E-state index contributed by atoms with van der Waals surface area (Å²) in [5, 5.41) is 10.1. The van der Waals surface area contributed by atoms with Crippen molar-refractivity contribution in [1.29, 1.82) is 0 Å². The Bertz CT molecular complexity index is 1130. The van der Waals surface area contributed by atoms with Crippen molar-refractivity contribution in [3.8, 4) is 0 Å². The Hall–Kier alpha value is -2.18. The van der Waals surface area contributed by atoms with Gasteiger partial charge in [0.25, 0.3) is 0 Å². The lowest BCUT2D eigenvalue weighted by Gasteiger charge is -2.39. The molecule has 40 heavy (non-hydrogen) atoms. The zero-order valence-corrected chi connectivity index (χ0v) is 27.9. The van der Waals surface area contributed by atoms with E-state index in [2.05, 4.69) is 40.4 Å². The minimum absolute atomic E-state index is 0.00413. The predicted octanol–water partition coefficient (Wildman–Crippen LogP) is 6.71. The van der Waals surface area contributed by atoms with Crippen LogP contribution in [0.3, 0.4) is 0 Å². The van der Waals surface area contributed by atoms with E-state index in [0.29, 0.717) is 17.6 Å². The summed E-state index contributed by atoms with van der Waals surface area (Å²) < 4.78 is 18.7. The molecule has 7 nitrogen and oxygen atoms in total. The summed E-state index contributed by atoms with van der Waals surface area (Å²) in [7, 11) is -4.55. The van der Waals surface area contributed by atoms with Crippen LogP contribution in [0.4, 0.5) is 0 Å². The first-order valence-electron chi connectivity index (χ1n) is 13.9. The summed E-state index contributed by atoms with van der Waals surface area (Å²) >= 11 is 0. The number of carbonyl (C=O) groups is 3. The molecular formula is C31H48O7Si2. The molecule has 222 valence electrons. The fraction of sp³-hybridized carbons (Fsp3) is 0.581. The second-order valence-electron chi connectivity index (χ2n) is 13.5. The maximum atomic E-state index is 13.9. The van der Waals surface area contributed by atoms with E-state index in [1.165, 1.54) is 6.92 Å². The highest BCUT2D eigenvalue weighted by Gasteiger charge is 2.49. The third kappa shape index (κ3) is 8.19. The molecular weight excluding hydrogens is 541 g/mol. The lowest BCUT2D eigenvalue weighted by atomic mass is 9.86. The van der Waals surface area contributed by atoms with Crippen LogP contribution in [0.5, 0.6) is 0 Å². The van der Waals surface area contributed by atoms with Crippen LogP contribution < -0.4 is 0 Å². The van der Waals surface area contributed by atoms with Gasteiger partial charge in [-0.25, -0.2) is 4.79 Å². The van der Waals surface area contributed by atoms with E-state index in [4.69, 9.17) is 13.6 Å². The minimum atomic E-state index is -2.44. The van der Waals surface area contributed by atoms with Crippen LogP contribution in [-0.2, 0) is 34.6 Å². The zero-order chi connectivity index (χ0) is 30.7. The Morgan fingerprint density at radius 3 is 2.15 bits per heavy atom. The van der Waals surface area contributed by atoms with Crippen molar-refractivity contribution in [3.05, 3.63) is 59.2 Å². The number of Topliss-reactive ketones (excluding diaryl/α,β-unsaturated/α-hetero) is 1. The Morgan fingerprint density at radius 2 is 1.68 bits per heavy atom. The van der Waals surface area contributed by atoms with Crippen molar-refractivity contribution in [2.24, 2.45) is 5.92 Å². The summed E-state index contributed by atoms with van der Waals surface area (Å²) in [6.45, 7) is 24.0. The summed E-state index contributed by atoms with van der Waals surface area (Å²) in [5.74, 6) is -2.34. The average molecular weight is 589 g/mol. The SMILES string of the molecule is C=C(C[C@@H](OCc1ccccc1)C(=O)[C@](C)(O[Si](C)(C)C)C(=O)O)[C@H]1C[C@@H](O[Si](C)(C)C(C)(C)C)C(C)=C1C=O. The molecule has 9 heteroatoms. The smallest absolute Gasteiger partial charge is 0.342 e. The Morgan fingerprint density at radius 1 is 1.10 bits per heavy atom. The molecule has 2 rings (SSSR count). The maximum absolute atomic E-state index is 13.9. The van der Waals surface area contributed by atoms with Crippen LogP contribution in [-0.4, -0.2) is 57.6 Å². The molecule has 1 aliphatic rings. The number of aliphatic carboxylic acids is 1. The van der Waals surface area contributed by atoms with Crippen LogP contribution >= 0.6 is 0 Å². The van der Waals surface area contributed by atoms with Gasteiger partial charge >= 0.3 is 5.97 Å². The van der Waals surface area contributed by atoms with Gasteiger partial charge in [-0.1, -0.05) is 63.3 Å². The third-order valence-corrected chi connectivity index (χ3v) is 13.6. The number of carboxylic acids is 1. The molecule has 0 fully saturated rings. The Labute approximate surface area is 242 Å². The number of ketones is 1. The molecule has 0 radical (unpaired) electrons. The van der Waals surface area contributed by atoms with Gasteiger partial charge in [-0.2, -0.15) is 0 Å². The summed E-state index contributed by atoms with van der Waals surface area (Å²) in [6.07, 6.45) is 0.121. The quantitative estimate of drug-likeness (QED) is 0.112. The number of carbonyl (C=O) groups excluding carboxylic acids is 2. The first kappa shape index (κ1) is 34.0. The molecule has 0 unspecified atom stereocenters. The van der Waals surface area contributed by atoms with Crippen LogP contribution in [0.15, 0.2) is 53.6 Å². The molecule has 1 N–H and O–H groups in total. The average Bonchev–Trinajstić information content (AvgIpc) is 3.14. The third-order valence-electron chi connectivity index (χ3n) is 8.05. The number of rotatable bonds is 14. The van der Waals surface area contributed by atoms with Crippen molar-refractivity contribution in [3.63, 3.8) is 0 Å². The van der Waals surface area contributed by atoms with E-state index in [9.17, 15) is 19.5 Å². The fourth-order valence-corrected chi connectivity index (χ4v) is 7.46. The van der Waals surface area contributed by atoms with E-state index in [1.807, 2.05) is 56.9 Å². The number of benzene rings is 1. The van der Waals surface area contributed by atoms with E-state index < -0.39 is 40.1 Å². The van der Waals surface area contributed by atoms with E-state index in [-0.39, 0.29) is 30.1 Å². The van der Waals surface area contributed by atoms with Crippen LogP contribution in [0, 0.1) is 5.92 Å². The van der Waals surface area contributed by atoms with Gasteiger partial charge in [-0.15, -0.1) is 0 Å². The lowest BCUT2D eigenvalue weighted by Crippen LogP contribution is -2.56. The van der Waals surface area contributed by atoms with Crippen molar-refractivity contribution in [2.75, 3.05) is 0 Å². The molecule has 1 aliphatic carbocycles. The molecule has 0 spiro atoms.